The zero-order valence-electron chi connectivity index (χ0n) is 15.5. The van der Waals surface area contributed by atoms with Crippen molar-refractivity contribution in [3.63, 3.8) is 0 Å². The van der Waals surface area contributed by atoms with E-state index in [4.69, 9.17) is 23.2 Å². The van der Waals surface area contributed by atoms with E-state index in [1.165, 1.54) is 11.8 Å². The van der Waals surface area contributed by atoms with Crippen LogP contribution in [0.3, 0.4) is 0 Å². The van der Waals surface area contributed by atoms with E-state index in [2.05, 4.69) is 4.99 Å². The van der Waals surface area contributed by atoms with Crippen LogP contribution in [0.4, 0.5) is 5.69 Å². The van der Waals surface area contributed by atoms with Crippen LogP contribution >= 0.6 is 35.0 Å². The summed E-state index contributed by atoms with van der Waals surface area (Å²) in [4.78, 5) is 18.9. The zero-order chi connectivity index (χ0) is 20.8. The van der Waals surface area contributed by atoms with Gasteiger partial charge in [0.25, 0.3) is 5.91 Å². The SMILES string of the molecule is Cc1ccc(Cl)cc1N1C(=NC(=O)Cc2ccccc2Cl)S[C@H]2CS(=O)(=O)C[C@H]21. The van der Waals surface area contributed by atoms with Crippen LogP contribution in [-0.4, -0.2) is 42.3 Å². The van der Waals surface area contributed by atoms with Crippen LogP contribution in [0.1, 0.15) is 11.1 Å². The number of amides is 1. The van der Waals surface area contributed by atoms with Gasteiger partial charge in [0.15, 0.2) is 15.0 Å². The first-order valence-corrected chi connectivity index (χ1v) is 12.5. The number of carbonyl (C=O) groups excluding carboxylic acids is 1. The van der Waals surface area contributed by atoms with E-state index >= 15 is 0 Å². The van der Waals surface area contributed by atoms with Crippen molar-refractivity contribution in [3.05, 3.63) is 63.6 Å². The van der Waals surface area contributed by atoms with Crippen molar-refractivity contribution in [3.8, 4) is 0 Å². The van der Waals surface area contributed by atoms with Gasteiger partial charge in [0, 0.05) is 21.0 Å². The number of fused-ring (bicyclic) bond motifs is 1. The first kappa shape index (κ1) is 20.7. The number of sulfone groups is 1. The van der Waals surface area contributed by atoms with E-state index < -0.39 is 9.84 Å². The normalized spacial score (nSPS) is 24.1. The van der Waals surface area contributed by atoms with Crippen LogP contribution in [-0.2, 0) is 21.1 Å². The summed E-state index contributed by atoms with van der Waals surface area (Å²) in [6.45, 7) is 1.93. The number of aliphatic imine (C=N–C) groups is 1. The summed E-state index contributed by atoms with van der Waals surface area (Å²) in [5, 5.41) is 1.41. The lowest BCUT2D eigenvalue weighted by Crippen LogP contribution is -2.38. The van der Waals surface area contributed by atoms with Gasteiger partial charge in [0.2, 0.25) is 0 Å². The van der Waals surface area contributed by atoms with Gasteiger partial charge in [-0.05, 0) is 36.2 Å². The van der Waals surface area contributed by atoms with Crippen molar-refractivity contribution in [1.29, 1.82) is 0 Å². The van der Waals surface area contributed by atoms with Gasteiger partial charge in [-0.1, -0.05) is 59.2 Å². The Labute approximate surface area is 184 Å². The van der Waals surface area contributed by atoms with Crippen molar-refractivity contribution < 1.29 is 13.2 Å². The number of hydrogen-bond acceptors (Lipinski definition) is 4. The molecule has 2 aliphatic rings. The second kappa shape index (κ2) is 7.95. The van der Waals surface area contributed by atoms with Gasteiger partial charge < -0.3 is 4.90 Å². The van der Waals surface area contributed by atoms with Gasteiger partial charge in [-0.2, -0.15) is 4.99 Å². The Kier molecular flexibility index (Phi) is 5.68. The second-order valence-electron chi connectivity index (χ2n) is 7.16. The number of rotatable bonds is 3. The Bertz CT molecular complexity index is 1120. The highest BCUT2D eigenvalue weighted by Gasteiger charge is 2.49. The number of halogens is 2. The Morgan fingerprint density at radius 1 is 1.21 bits per heavy atom. The average Bonchev–Trinajstić information content (AvgIpc) is 3.10. The molecule has 0 saturated carbocycles. The van der Waals surface area contributed by atoms with Crippen molar-refractivity contribution >= 4 is 61.6 Å². The number of nitrogens with zero attached hydrogens (tertiary/aromatic N) is 2. The Morgan fingerprint density at radius 3 is 2.72 bits per heavy atom. The highest BCUT2D eigenvalue weighted by molar-refractivity contribution is 8.16. The Morgan fingerprint density at radius 2 is 1.97 bits per heavy atom. The number of benzene rings is 2. The first-order chi connectivity index (χ1) is 13.7. The molecule has 2 fully saturated rings. The fourth-order valence-corrected chi connectivity index (χ4v) is 7.93. The number of hydrogen-bond donors (Lipinski definition) is 0. The Hall–Kier alpha value is -1.54. The minimum atomic E-state index is -3.13. The van der Waals surface area contributed by atoms with Crippen molar-refractivity contribution in [2.45, 2.75) is 24.6 Å². The highest BCUT2D eigenvalue weighted by atomic mass is 35.5. The molecule has 2 aromatic rings. The lowest BCUT2D eigenvalue weighted by Gasteiger charge is -2.26. The molecule has 0 radical (unpaired) electrons. The summed E-state index contributed by atoms with van der Waals surface area (Å²) in [5.74, 6) is -0.210. The molecule has 2 heterocycles. The molecule has 0 bridgehead atoms. The van der Waals surface area contributed by atoms with Crippen LogP contribution in [0.5, 0.6) is 0 Å². The molecule has 0 spiro atoms. The summed E-state index contributed by atoms with van der Waals surface area (Å²) in [6, 6.07) is 12.3. The van der Waals surface area contributed by atoms with Crippen LogP contribution in [0.2, 0.25) is 10.0 Å². The standard InChI is InChI=1S/C20H18Cl2N2O3S2/c1-12-6-7-14(21)9-16(12)24-17-10-29(26,27)11-18(17)28-20(24)23-19(25)8-13-4-2-3-5-15(13)22/h2-7,9,17-18H,8,10-11H2,1H3/t17-,18+/m1/s1. The third-order valence-corrected chi connectivity index (χ3v) is 8.83. The van der Waals surface area contributed by atoms with Gasteiger partial charge in [0.1, 0.15) is 0 Å². The van der Waals surface area contributed by atoms with Gasteiger partial charge >= 0.3 is 0 Å². The maximum Gasteiger partial charge on any atom is 0.252 e. The summed E-state index contributed by atoms with van der Waals surface area (Å²) >= 11 is 13.7. The molecule has 5 nitrogen and oxygen atoms in total. The zero-order valence-corrected chi connectivity index (χ0v) is 18.7. The molecule has 1 amide bonds. The maximum absolute atomic E-state index is 12.7. The van der Waals surface area contributed by atoms with Gasteiger partial charge in [-0.3, -0.25) is 4.79 Å². The maximum atomic E-state index is 12.7. The summed E-state index contributed by atoms with van der Waals surface area (Å²) in [7, 11) is -3.13. The van der Waals surface area contributed by atoms with E-state index in [9.17, 15) is 13.2 Å². The number of anilines is 1. The molecule has 2 atom stereocenters. The molecule has 4 rings (SSSR count). The monoisotopic (exact) mass is 468 g/mol. The third kappa shape index (κ3) is 4.33. The Balaban J connectivity index is 1.70. The smallest absolute Gasteiger partial charge is 0.252 e. The van der Waals surface area contributed by atoms with E-state index in [1.807, 2.05) is 24.0 Å². The molecule has 152 valence electrons. The van der Waals surface area contributed by atoms with Gasteiger partial charge in [-0.15, -0.1) is 0 Å². The lowest BCUT2D eigenvalue weighted by molar-refractivity contribution is -0.117. The van der Waals surface area contributed by atoms with Crippen LogP contribution in [0.25, 0.3) is 0 Å². The number of thioether (sulfide) groups is 1. The first-order valence-electron chi connectivity index (χ1n) is 9.01. The van der Waals surface area contributed by atoms with Crippen LogP contribution < -0.4 is 4.90 Å². The predicted octanol–water partition coefficient (Wildman–Crippen LogP) is 4.15. The topological polar surface area (TPSA) is 66.8 Å². The molecule has 2 aromatic carbocycles. The third-order valence-electron chi connectivity index (χ3n) is 5.02. The van der Waals surface area contributed by atoms with Gasteiger partial charge in [0.05, 0.1) is 24.0 Å². The summed E-state index contributed by atoms with van der Waals surface area (Å²) < 4.78 is 24.4. The van der Waals surface area contributed by atoms with Crippen molar-refractivity contribution in [1.82, 2.24) is 0 Å². The minimum absolute atomic E-state index is 0.0361. The van der Waals surface area contributed by atoms with E-state index in [-0.39, 0.29) is 35.1 Å². The second-order valence-corrected chi connectivity index (χ2v) is 11.4. The molecule has 2 saturated heterocycles. The van der Waals surface area contributed by atoms with E-state index in [0.29, 0.717) is 20.8 Å². The van der Waals surface area contributed by atoms with Crippen LogP contribution in [0, 0.1) is 6.92 Å². The largest absolute Gasteiger partial charge is 0.315 e. The molecule has 0 unspecified atom stereocenters. The highest BCUT2D eigenvalue weighted by Crippen LogP contribution is 2.42. The molecule has 2 aliphatic heterocycles. The molecule has 0 aromatic heterocycles. The molecule has 9 heteroatoms. The fourth-order valence-electron chi connectivity index (χ4n) is 3.64. The van der Waals surface area contributed by atoms with Gasteiger partial charge in [-0.25, -0.2) is 8.42 Å². The van der Waals surface area contributed by atoms with Crippen molar-refractivity contribution in [2.75, 3.05) is 16.4 Å². The average molecular weight is 469 g/mol. The van der Waals surface area contributed by atoms with Crippen molar-refractivity contribution in [2.24, 2.45) is 4.99 Å². The molecule has 29 heavy (non-hydrogen) atoms. The quantitative estimate of drug-likeness (QED) is 0.676. The molecular formula is C20H18Cl2N2O3S2. The number of carbonyl (C=O) groups is 1. The lowest BCUT2D eigenvalue weighted by atomic mass is 10.1. The van der Waals surface area contributed by atoms with E-state index in [1.54, 1.807) is 30.3 Å². The number of amidine groups is 1. The molecule has 0 N–H and O–H groups in total. The molecule has 0 aliphatic carbocycles. The summed E-state index contributed by atoms with van der Waals surface area (Å²) in [6.07, 6.45) is 0.0831. The predicted molar refractivity (Wildman–Crippen MR) is 120 cm³/mol. The minimum Gasteiger partial charge on any atom is -0.315 e. The fraction of sp³-hybridized carbons (Fsp3) is 0.300. The summed E-state index contributed by atoms with van der Waals surface area (Å²) in [5.41, 5.74) is 2.42. The molecular weight excluding hydrogens is 451 g/mol. The van der Waals surface area contributed by atoms with E-state index in [0.717, 1.165) is 11.3 Å². The van der Waals surface area contributed by atoms with Crippen LogP contribution in [0.15, 0.2) is 47.5 Å². The number of aryl methyl sites for hydroxylation is 1.